The van der Waals surface area contributed by atoms with Crippen LogP contribution < -0.4 is 0 Å². The maximum absolute atomic E-state index is 11.7. The van der Waals surface area contributed by atoms with Crippen molar-refractivity contribution in [1.29, 1.82) is 5.26 Å². The van der Waals surface area contributed by atoms with Gasteiger partial charge in [-0.2, -0.15) is 5.26 Å². The van der Waals surface area contributed by atoms with Crippen molar-refractivity contribution in [1.82, 2.24) is 0 Å². The first-order valence-electron chi connectivity index (χ1n) is 7.47. The van der Waals surface area contributed by atoms with Crippen LogP contribution in [0.1, 0.15) is 32.8 Å². The number of nitriles is 1. The van der Waals surface area contributed by atoms with Crippen LogP contribution in [-0.4, -0.2) is 12.2 Å². The van der Waals surface area contributed by atoms with E-state index in [4.69, 9.17) is 4.74 Å². The van der Waals surface area contributed by atoms with Gasteiger partial charge in [0.25, 0.3) is 0 Å². The Morgan fingerprint density at radius 1 is 1.18 bits per heavy atom. The van der Waals surface area contributed by atoms with Crippen LogP contribution >= 0.6 is 0 Å². The summed E-state index contributed by atoms with van der Waals surface area (Å²) in [7, 11) is 1.62. The smallest absolute Gasteiger partial charge is 0.102 e. The zero-order valence-corrected chi connectivity index (χ0v) is 13.6. The van der Waals surface area contributed by atoms with E-state index in [1.165, 1.54) is 0 Å². The van der Waals surface area contributed by atoms with Crippen molar-refractivity contribution in [2.24, 2.45) is 11.3 Å². The molecule has 2 atom stereocenters. The highest BCUT2D eigenvalue weighted by Gasteiger charge is 2.50. The molecule has 0 aliphatic heterocycles. The molecule has 0 saturated heterocycles. The van der Waals surface area contributed by atoms with Crippen molar-refractivity contribution < 1.29 is 9.84 Å². The molecule has 0 fully saturated rings. The average molecular weight is 297 g/mol. The van der Waals surface area contributed by atoms with Crippen LogP contribution in [0.15, 0.2) is 53.8 Å². The minimum atomic E-state index is -1.16. The van der Waals surface area contributed by atoms with Crippen molar-refractivity contribution >= 4 is 0 Å². The van der Waals surface area contributed by atoms with E-state index in [-0.39, 0.29) is 5.92 Å². The lowest BCUT2D eigenvalue weighted by Gasteiger charge is -2.47. The largest absolute Gasteiger partial charge is 0.501 e. The molecule has 1 aromatic rings. The lowest BCUT2D eigenvalue weighted by Crippen LogP contribution is -2.47. The van der Waals surface area contributed by atoms with Crippen molar-refractivity contribution in [2.75, 3.05) is 7.11 Å². The van der Waals surface area contributed by atoms with Gasteiger partial charge in [-0.15, -0.1) is 0 Å². The van der Waals surface area contributed by atoms with Crippen LogP contribution in [-0.2, 0) is 10.3 Å². The summed E-state index contributed by atoms with van der Waals surface area (Å²) in [5.74, 6) is 0.447. The third-order valence-electron chi connectivity index (χ3n) is 4.48. The number of hydrogen-bond acceptors (Lipinski definition) is 3. The maximum atomic E-state index is 11.7. The molecule has 3 nitrogen and oxygen atoms in total. The molecule has 3 heteroatoms. The number of aliphatic hydroxyl groups is 1. The lowest BCUT2D eigenvalue weighted by molar-refractivity contribution is -0.103. The first-order chi connectivity index (χ1) is 10.3. The Kier molecular flexibility index (Phi) is 4.44. The molecule has 1 aliphatic rings. The van der Waals surface area contributed by atoms with Crippen LogP contribution in [0.2, 0.25) is 0 Å². The SMILES string of the molecule is COC1=CC=C(C#N)C(C(O)(c2ccccc2)C(C)(C)C)C1. The Labute approximate surface area is 132 Å². The Morgan fingerprint density at radius 2 is 1.82 bits per heavy atom. The summed E-state index contributed by atoms with van der Waals surface area (Å²) < 4.78 is 5.35. The van der Waals surface area contributed by atoms with Gasteiger partial charge in [0.05, 0.1) is 18.9 Å². The van der Waals surface area contributed by atoms with Gasteiger partial charge < -0.3 is 9.84 Å². The molecular formula is C19H23NO2. The normalized spacial score (nSPS) is 21.2. The minimum absolute atomic E-state index is 0.333. The number of rotatable bonds is 3. The van der Waals surface area contributed by atoms with Gasteiger partial charge in [0.1, 0.15) is 5.60 Å². The van der Waals surface area contributed by atoms with Gasteiger partial charge in [-0.05, 0) is 23.1 Å². The molecule has 1 aromatic carbocycles. The van der Waals surface area contributed by atoms with Gasteiger partial charge in [-0.3, -0.25) is 0 Å². The number of hydrogen-bond donors (Lipinski definition) is 1. The van der Waals surface area contributed by atoms with Gasteiger partial charge in [0.2, 0.25) is 0 Å². The Hall–Kier alpha value is -2.05. The summed E-state index contributed by atoms with van der Waals surface area (Å²) in [6.07, 6.45) is 4.08. The van der Waals surface area contributed by atoms with E-state index in [1.54, 1.807) is 13.2 Å². The van der Waals surface area contributed by atoms with Gasteiger partial charge in [0, 0.05) is 17.9 Å². The highest BCUT2D eigenvalue weighted by molar-refractivity contribution is 5.40. The molecule has 0 bridgehead atoms. The molecule has 116 valence electrons. The fraction of sp³-hybridized carbons (Fsp3) is 0.421. The van der Waals surface area contributed by atoms with Gasteiger partial charge >= 0.3 is 0 Å². The first-order valence-corrected chi connectivity index (χ1v) is 7.47. The second-order valence-corrected chi connectivity index (χ2v) is 6.71. The van der Waals surface area contributed by atoms with E-state index in [2.05, 4.69) is 6.07 Å². The van der Waals surface area contributed by atoms with E-state index < -0.39 is 11.0 Å². The zero-order chi connectivity index (χ0) is 16.4. The van der Waals surface area contributed by atoms with Crippen LogP contribution in [0.4, 0.5) is 0 Å². The fourth-order valence-corrected chi connectivity index (χ4v) is 3.17. The maximum Gasteiger partial charge on any atom is 0.102 e. The highest BCUT2D eigenvalue weighted by Crippen LogP contribution is 2.50. The summed E-state index contributed by atoms with van der Waals surface area (Å²) in [6, 6.07) is 11.8. The third kappa shape index (κ3) is 2.67. The van der Waals surface area contributed by atoms with E-state index in [1.807, 2.05) is 57.2 Å². The second-order valence-electron chi connectivity index (χ2n) is 6.71. The van der Waals surface area contributed by atoms with Gasteiger partial charge in [0.15, 0.2) is 0 Å². The molecule has 0 aromatic heterocycles. The molecule has 0 spiro atoms. The Morgan fingerprint density at radius 3 is 2.32 bits per heavy atom. The molecule has 22 heavy (non-hydrogen) atoms. The molecule has 0 heterocycles. The standard InChI is InChI=1S/C19H23NO2/c1-18(2,3)19(21,15-8-6-5-7-9-15)17-12-16(22-4)11-10-14(17)13-20/h5-11,17,21H,12H2,1-4H3. The number of methoxy groups -OCH3 is 1. The summed E-state index contributed by atoms with van der Waals surface area (Å²) in [5, 5.41) is 21.2. The number of benzene rings is 1. The van der Waals surface area contributed by atoms with Gasteiger partial charge in [-0.1, -0.05) is 51.1 Å². The predicted octanol–water partition coefficient (Wildman–Crippen LogP) is 3.92. The number of nitrogens with zero attached hydrogens (tertiary/aromatic N) is 1. The van der Waals surface area contributed by atoms with Gasteiger partial charge in [-0.25, -0.2) is 0 Å². The van der Waals surface area contributed by atoms with E-state index in [0.717, 1.165) is 11.3 Å². The minimum Gasteiger partial charge on any atom is -0.501 e. The zero-order valence-electron chi connectivity index (χ0n) is 13.6. The monoisotopic (exact) mass is 297 g/mol. The first kappa shape index (κ1) is 16.3. The third-order valence-corrected chi connectivity index (χ3v) is 4.48. The Bertz CT molecular complexity index is 632. The van der Waals surface area contributed by atoms with Crippen LogP contribution in [0.3, 0.4) is 0 Å². The van der Waals surface area contributed by atoms with Crippen LogP contribution in [0.25, 0.3) is 0 Å². The van der Waals surface area contributed by atoms with E-state index in [0.29, 0.717) is 12.0 Å². The summed E-state index contributed by atoms with van der Waals surface area (Å²) in [5.41, 5.74) is -0.188. The average Bonchev–Trinajstić information content (AvgIpc) is 2.53. The molecule has 1 N–H and O–H groups in total. The van der Waals surface area contributed by atoms with Crippen LogP contribution in [0, 0.1) is 22.7 Å². The van der Waals surface area contributed by atoms with Crippen LogP contribution in [0.5, 0.6) is 0 Å². The summed E-state index contributed by atoms with van der Waals surface area (Å²) in [6.45, 7) is 6.00. The number of allylic oxidation sites excluding steroid dienone is 3. The summed E-state index contributed by atoms with van der Waals surface area (Å²) in [4.78, 5) is 0. The molecule has 0 radical (unpaired) electrons. The van der Waals surface area contributed by atoms with E-state index in [9.17, 15) is 10.4 Å². The van der Waals surface area contributed by atoms with Crippen molar-refractivity contribution in [3.05, 3.63) is 59.4 Å². The van der Waals surface area contributed by atoms with Crippen molar-refractivity contribution in [3.8, 4) is 6.07 Å². The second kappa shape index (κ2) is 5.98. The fourth-order valence-electron chi connectivity index (χ4n) is 3.17. The summed E-state index contributed by atoms with van der Waals surface area (Å²) >= 11 is 0. The molecule has 0 saturated carbocycles. The topological polar surface area (TPSA) is 53.2 Å². The molecule has 2 rings (SSSR count). The Balaban J connectivity index is 2.59. The predicted molar refractivity (Wildman–Crippen MR) is 86.7 cm³/mol. The molecular weight excluding hydrogens is 274 g/mol. The quantitative estimate of drug-likeness (QED) is 0.920. The number of ether oxygens (including phenoxy) is 1. The van der Waals surface area contributed by atoms with Crippen molar-refractivity contribution in [3.63, 3.8) is 0 Å². The highest BCUT2D eigenvalue weighted by atomic mass is 16.5. The molecule has 2 unspecified atom stereocenters. The lowest BCUT2D eigenvalue weighted by atomic mass is 9.61. The molecule has 1 aliphatic carbocycles. The molecule has 0 amide bonds. The van der Waals surface area contributed by atoms with Crippen molar-refractivity contribution in [2.45, 2.75) is 32.8 Å². The van der Waals surface area contributed by atoms with E-state index >= 15 is 0 Å².